The van der Waals surface area contributed by atoms with Crippen LogP contribution in [0.2, 0.25) is 0 Å². The van der Waals surface area contributed by atoms with Crippen LogP contribution in [0.25, 0.3) is 6.08 Å². The highest BCUT2D eigenvalue weighted by Gasteiger charge is 2.16. The van der Waals surface area contributed by atoms with E-state index in [1.165, 1.54) is 6.08 Å². The molecule has 0 spiro atoms. The van der Waals surface area contributed by atoms with Crippen LogP contribution in [-0.4, -0.2) is 30.2 Å². The summed E-state index contributed by atoms with van der Waals surface area (Å²) in [6, 6.07) is 11.9. The summed E-state index contributed by atoms with van der Waals surface area (Å²) in [6.07, 6.45) is 2.26. The number of hydrogen-bond donors (Lipinski definition) is 2. The van der Waals surface area contributed by atoms with Crippen LogP contribution in [0.1, 0.15) is 36.2 Å². The Morgan fingerprint density at radius 3 is 2.46 bits per heavy atom. The number of hydrogen-bond acceptors (Lipinski definition) is 4. The zero-order valence-corrected chi connectivity index (χ0v) is 17.9. The standard InChI is InChI=1S/C21H22INO5/c1-3-10-28-19-16(22)11-14(13-18(19)27-4-2)12-17(21(25)26)23-20(24)15-8-6-5-7-9-15/h5-9,11-13H,3-4,10H2,1-2H3,(H,23,24)(H,25,26)/b17-12+. The third kappa shape index (κ3) is 5.98. The monoisotopic (exact) mass is 495 g/mol. The quantitative estimate of drug-likeness (QED) is 0.400. The predicted octanol–water partition coefficient (Wildman–Crippen LogP) is 4.33. The number of aliphatic carboxylic acids is 1. The van der Waals surface area contributed by atoms with E-state index in [4.69, 9.17) is 9.47 Å². The van der Waals surface area contributed by atoms with Crippen molar-refractivity contribution in [1.82, 2.24) is 5.32 Å². The van der Waals surface area contributed by atoms with Gasteiger partial charge in [0.1, 0.15) is 5.70 Å². The van der Waals surface area contributed by atoms with E-state index < -0.39 is 11.9 Å². The molecule has 2 aromatic carbocycles. The molecule has 28 heavy (non-hydrogen) atoms. The van der Waals surface area contributed by atoms with Crippen molar-refractivity contribution in [3.8, 4) is 11.5 Å². The molecule has 0 aromatic heterocycles. The van der Waals surface area contributed by atoms with E-state index in [-0.39, 0.29) is 5.70 Å². The largest absolute Gasteiger partial charge is 0.490 e. The molecule has 7 heteroatoms. The lowest BCUT2D eigenvalue weighted by Gasteiger charge is -2.14. The molecule has 0 saturated carbocycles. The van der Waals surface area contributed by atoms with Crippen molar-refractivity contribution in [2.45, 2.75) is 20.3 Å². The first-order chi connectivity index (χ1) is 13.5. The summed E-state index contributed by atoms with van der Waals surface area (Å²) < 4.78 is 12.2. The van der Waals surface area contributed by atoms with Crippen molar-refractivity contribution < 1.29 is 24.2 Å². The fraction of sp³-hybridized carbons (Fsp3) is 0.238. The Labute approximate surface area is 177 Å². The minimum absolute atomic E-state index is 0.227. The maximum absolute atomic E-state index is 12.3. The molecule has 0 fully saturated rings. The van der Waals surface area contributed by atoms with Crippen molar-refractivity contribution in [3.05, 3.63) is 62.9 Å². The highest BCUT2D eigenvalue weighted by Crippen LogP contribution is 2.35. The smallest absolute Gasteiger partial charge is 0.352 e. The number of carbonyl (C=O) groups excluding carboxylic acids is 1. The second kappa shape index (κ2) is 10.7. The molecule has 0 saturated heterocycles. The van der Waals surface area contributed by atoms with E-state index in [1.807, 2.05) is 13.8 Å². The van der Waals surface area contributed by atoms with E-state index in [2.05, 4.69) is 27.9 Å². The second-order valence-electron chi connectivity index (χ2n) is 5.79. The Hall–Kier alpha value is -2.55. The number of benzene rings is 2. The van der Waals surface area contributed by atoms with E-state index >= 15 is 0 Å². The first-order valence-electron chi connectivity index (χ1n) is 8.86. The van der Waals surface area contributed by atoms with Gasteiger partial charge in [-0.05, 0) is 71.8 Å². The van der Waals surface area contributed by atoms with E-state index in [1.54, 1.807) is 42.5 Å². The van der Waals surface area contributed by atoms with Gasteiger partial charge in [0.15, 0.2) is 11.5 Å². The van der Waals surface area contributed by atoms with Crippen LogP contribution in [0.4, 0.5) is 0 Å². The lowest BCUT2D eigenvalue weighted by molar-refractivity contribution is -0.132. The number of ether oxygens (including phenoxy) is 2. The summed E-state index contributed by atoms with van der Waals surface area (Å²) in [5.41, 5.74) is 0.735. The summed E-state index contributed by atoms with van der Waals surface area (Å²) in [7, 11) is 0. The Bertz CT molecular complexity index is 865. The predicted molar refractivity (Wildman–Crippen MR) is 116 cm³/mol. The number of nitrogens with one attached hydrogen (secondary N) is 1. The second-order valence-corrected chi connectivity index (χ2v) is 6.96. The van der Waals surface area contributed by atoms with Crippen LogP contribution >= 0.6 is 22.6 Å². The number of carboxylic acids is 1. The van der Waals surface area contributed by atoms with Crippen LogP contribution in [0.3, 0.4) is 0 Å². The highest BCUT2D eigenvalue weighted by atomic mass is 127. The van der Waals surface area contributed by atoms with Crippen LogP contribution in [0.5, 0.6) is 11.5 Å². The average Bonchev–Trinajstić information content (AvgIpc) is 2.67. The Kier molecular flexibility index (Phi) is 8.31. The molecule has 1 amide bonds. The fourth-order valence-electron chi connectivity index (χ4n) is 2.38. The SMILES string of the molecule is CCCOc1c(I)cc(/C=C(/NC(=O)c2ccccc2)C(=O)O)cc1OCC. The maximum atomic E-state index is 12.3. The number of carbonyl (C=O) groups is 2. The molecule has 0 atom stereocenters. The van der Waals surface area contributed by atoms with Crippen LogP contribution in [0, 0.1) is 3.57 Å². The van der Waals surface area contributed by atoms with Gasteiger partial charge >= 0.3 is 5.97 Å². The fourth-order valence-corrected chi connectivity index (χ4v) is 3.16. The van der Waals surface area contributed by atoms with Crippen molar-refractivity contribution in [3.63, 3.8) is 0 Å². The van der Waals surface area contributed by atoms with Gasteiger partial charge in [-0.2, -0.15) is 0 Å². The van der Waals surface area contributed by atoms with Gasteiger partial charge in [0.2, 0.25) is 0 Å². The van der Waals surface area contributed by atoms with Crippen molar-refractivity contribution in [2.75, 3.05) is 13.2 Å². The van der Waals surface area contributed by atoms with Gasteiger partial charge in [-0.15, -0.1) is 0 Å². The molecule has 0 aliphatic heterocycles. The minimum atomic E-state index is -1.23. The molecule has 0 aliphatic rings. The summed E-state index contributed by atoms with van der Waals surface area (Å²) in [5, 5.41) is 12.0. The van der Waals surface area contributed by atoms with E-state index in [9.17, 15) is 14.7 Å². The molecule has 0 aliphatic carbocycles. The number of carboxylic acid groups (broad SMARTS) is 1. The maximum Gasteiger partial charge on any atom is 0.352 e. The normalized spacial score (nSPS) is 11.0. The van der Waals surface area contributed by atoms with Crippen LogP contribution < -0.4 is 14.8 Å². The molecule has 6 nitrogen and oxygen atoms in total. The number of rotatable bonds is 9. The molecule has 2 N–H and O–H groups in total. The van der Waals surface area contributed by atoms with Gasteiger partial charge in [0, 0.05) is 5.56 Å². The molecular weight excluding hydrogens is 473 g/mol. The van der Waals surface area contributed by atoms with Crippen LogP contribution in [-0.2, 0) is 4.79 Å². The minimum Gasteiger partial charge on any atom is -0.490 e. The Morgan fingerprint density at radius 1 is 1.14 bits per heavy atom. The highest BCUT2D eigenvalue weighted by molar-refractivity contribution is 14.1. The van der Waals surface area contributed by atoms with Crippen molar-refractivity contribution in [2.24, 2.45) is 0 Å². The Balaban J connectivity index is 2.35. The molecule has 148 valence electrons. The molecular formula is C21H22INO5. The first kappa shape index (κ1) is 21.7. The molecule has 2 rings (SSSR count). The van der Waals surface area contributed by atoms with E-state index in [0.29, 0.717) is 35.8 Å². The third-order valence-corrected chi connectivity index (χ3v) is 4.41. The summed E-state index contributed by atoms with van der Waals surface area (Å²) >= 11 is 2.12. The zero-order valence-electron chi connectivity index (χ0n) is 15.7. The Morgan fingerprint density at radius 2 is 1.86 bits per heavy atom. The molecule has 0 unspecified atom stereocenters. The van der Waals surface area contributed by atoms with Crippen molar-refractivity contribution in [1.29, 1.82) is 0 Å². The molecule has 2 aromatic rings. The lowest BCUT2D eigenvalue weighted by Crippen LogP contribution is -2.27. The van der Waals surface area contributed by atoms with Gasteiger partial charge in [-0.25, -0.2) is 4.79 Å². The van der Waals surface area contributed by atoms with Gasteiger partial charge in [-0.3, -0.25) is 4.79 Å². The summed E-state index contributed by atoms with van der Waals surface area (Å²) in [5.74, 6) is -0.555. The van der Waals surface area contributed by atoms with Gasteiger partial charge in [-0.1, -0.05) is 25.1 Å². The number of amides is 1. The first-order valence-corrected chi connectivity index (χ1v) is 9.94. The number of halogens is 1. The van der Waals surface area contributed by atoms with Gasteiger partial charge in [0.05, 0.1) is 16.8 Å². The molecule has 0 radical (unpaired) electrons. The lowest BCUT2D eigenvalue weighted by atomic mass is 10.1. The molecule has 0 heterocycles. The van der Waals surface area contributed by atoms with E-state index in [0.717, 1.165) is 9.99 Å². The summed E-state index contributed by atoms with van der Waals surface area (Å²) in [6.45, 7) is 4.88. The summed E-state index contributed by atoms with van der Waals surface area (Å²) in [4.78, 5) is 23.9. The van der Waals surface area contributed by atoms with Crippen LogP contribution in [0.15, 0.2) is 48.2 Å². The third-order valence-electron chi connectivity index (χ3n) is 3.61. The topological polar surface area (TPSA) is 84.9 Å². The van der Waals surface area contributed by atoms with Crippen molar-refractivity contribution >= 4 is 40.5 Å². The molecule has 0 bridgehead atoms. The van der Waals surface area contributed by atoms with Gasteiger partial charge in [0.25, 0.3) is 5.91 Å². The average molecular weight is 495 g/mol. The van der Waals surface area contributed by atoms with Gasteiger partial charge < -0.3 is 19.9 Å². The zero-order chi connectivity index (χ0) is 20.5.